The molecule has 1 heterocycles. The van der Waals surface area contributed by atoms with Gasteiger partial charge in [0.1, 0.15) is 5.75 Å². The highest BCUT2D eigenvalue weighted by Crippen LogP contribution is 2.12. The average molecular weight is 216 g/mol. The van der Waals surface area contributed by atoms with Gasteiger partial charge in [-0.25, -0.2) is 0 Å². The topological polar surface area (TPSA) is 27.1 Å². The van der Waals surface area contributed by atoms with Crippen LogP contribution in [-0.2, 0) is 13.0 Å². The number of benzene rings is 1. The lowest BCUT2D eigenvalue weighted by atomic mass is 10.1. The van der Waals surface area contributed by atoms with Gasteiger partial charge in [0.15, 0.2) is 0 Å². The zero-order valence-electron chi connectivity index (χ0n) is 9.68. The average Bonchev–Trinajstić information content (AvgIpc) is 2.73. The molecule has 0 aliphatic carbocycles. The fourth-order valence-corrected chi connectivity index (χ4v) is 1.62. The lowest BCUT2D eigenvalue weighted by Crippen LogP contribution is -2.02. The first-order valence-corrected chi connectivity index (χ1v) is 5.41. The van der Waals surface area contributed by atoms with E-state index in [2.05, 4.69) is 17.2 Å². The Balaban J connectivity index is 1.94. The van der Waals surface area contributed by atoms with Crippen molar-refractivity contribution in [3.63, 3.8) is 0 Å². The molecule has 0 bridgehead atoms. The van der Waals surface area contributed by atoms with E-state index in [1.54, 1.807) is 7.11 Å². The fourth-order valence-electron chi connectivity index (χ4n) is 1.62. The molecule has 0 saturated heterocycles. The molecule has 84 valence electrons. The molecule has 1 aromatic heterocycles. The third kappa shape index (κ3) is 2.63. The van der Waals surface area contributed by atoms with Gasteiger partial charge in [0.25, 0.3) is 0 Å². The van der Waals surface area contributed by atoms with E-state index in [1.807, 2.05) is 36.0 Å². The standard InChI is InChI=1S/C13H16N2O/c1-11-7-9-15(14-11)10-8-12-3-5-13(16-2)6-4-12/h3-7,9H,8,10H2,1-2H3. The van der Waals surface area contributed by atoms with Crippen molar-refractivity contribution in [3.8, 4) is 5.75 Å². The van der Waals surface area contributed by atoms with Crippen LogP contribution in [0.1, 0.15) is 11.3 Å². The van der Waals surface area contributed by atoms with Crippen LogP contribution in [0.15, 0.2) is 36.5 Å². The van der Waals surface area contributed by atoms with E-state index in [4.69, 9.17) is 4.74 Å². The van der Waals surface area contributed by atoms with Gasteiger partial charge in [-0.3, -0.25) is 4.68 Å². The number of aromatic nitrogens is 2. The van der Waals surface area contributed by atoms with Crippen LogP contribution in [0.4, 0.5) is 0 Å². The molecule has 2 aromatic rings. The largest absolute Gasteiger partial charge is 0.497 e. The fraction of sp³-hybridized carbons (Fsp3) is 0.308. The summed E-state index contributed by atoms with van der Waals surface area (Å²) in [6.07, 6.45) is 3.00. The van der Waals surface area contributed by atoms with E-state index in [9.17, 15) is 0 Å². The Kier molecular flexibility index (Phi) is 3.25. The van der Waals surface area contributed by atoms with Gasteiger partial charge in [-0.2, -0.15) is 5.10 Å². The van der Waals surface area contributed by atoms with Gasteiger partial charge in [-0.1, -0.05) is 12.1 Å². The first-order valence-electron chi connectivity index (χ1n) is 5.41. The molecule has 3 heteroatoms. The van der Waals surface area contributed by atoms with E-state index in [0.717, 1.165) is 24.4 Å². The van der Waals surface area contributed by atoms with E-state index in [0.29, 0.717) is 0 Å². The highest BCUT2D eigenvalue weighted by atomic mass is 16.5. The number of aryl methyl sites for hydroxylation is 3. The van der Waals surface area contributed by atoms with Crippen molar-refractivity contribution in [2.24, 2.45) is 0 Å². The van der Waals surface area contributed by atoms with Crippen molar-refractivity contribution in [2.45, 2.75) is 19.9 Å². The van der Waals surface area contributed by atoms with Crippen molar-refractivity contribution in [2.75, 3.05) is 7.11 Å². The highest BCUT2D eigenvalue weighted by Gasteiger charge is 1.97. The van der Waals surface area contributed by atoms with E-state index >= 15 is 0 Å². The lowest BCUT2D eigenvalue weighted by molar-refractivity contribution is 0.414. The molecule has 3 nitrogen and oxygen atoms in total. The minimum atomic E-state index is 0.902. The molecule has 0 spiro atoms. The highest BCUT2D eigenvalue weighted by molar-refractivity contribution is 5.27. The van der Waals surface area contributed by atoms with Gasteiger partial charge in [0.2, 0.25) is 0 Å². The lowest BCUT2D eigenvalue weighted by Gasteiger charge is -2.03. The summed E-state index contributed by atoms with van der Waals surface area (Å²) in [6, 6.07) is 10.2. The van der Waals surface area contributed by atoms with Crippen LogP contribution in [0.3, 0.4) is 0 Å². The molecule has 0 saturated carbocycles. The third-order valence-electron chi connectivity index (χ3n) is 2.56. The number of hydrogen-bond donors (Lipinski definition) is 0. The summed E-state index contributed by atoms with van der Waals surface area (Å²) >= 11 is 0. The molecule has 0 atom stereocenters. The summed E-state index contributed by atoms with van der Waals surface area (Å²) in [6.45, 7) is 2.92. The Bertz CT molecular complexity index is 445. The maximum Gasteiger partial charge on any atom is 0.118 e. The first kappa shape index (κ1) is 10.7. The Morgan fingerprint density at radius 1 is 1.19 bits per heavy atom. The molecule has 2 rings (SSSR count). The van der Waals surface area contributed by atoms with Crippen LogP contribution in [0.5, 0.6) is 5.75 Å². The second kappa shape index (κ2) is 4.84. The Hall–Kier alpha value is -1.77. The number of hydrogen-bond acceptors (Lipinski definition) is 2. The van der Waals surface area contributed by atoms with Crippen LogP contribution < -0.4 is 4.74 Å². The van der Waals surface area contributed by atoms with Gasteiger partial charge in [-0.15, -0.1) is 0 Å². The van der Waals surface area contributed by atoms with E-state index in [-0.39, 0.29) is 0 Å². The zero-order chi connectivity index (χ0) is 11.4. The van der Waals surface area contributed by atoms with E-state index in [1.165, 1.54) is 5.56 Å². The second-order valence-electron chi connectivity index (χ2n) is 3.82. The molecular weight excluding hydrogens is 200 g/mol. The minimum Gasteiger partial charge on any atom is -0.497 e. The van der Waals surface area contributed by atoms with Crippen LogP contribution in [0, 0.1) is 6.92 Å². The number of nitrogens with zero attached hydrogens (tertiary/aromatic N) is 2. The number of ether oxygens (including phenoxy) is 1. The second-order valence-corrected chi connectivity index (χ2v) is 3.82. The maximum atomic E-state index is 5.12. The van der Waals surface area contributed by atoms with Crippen molar-refractivity contribution in [1.29, 1.82) is 0 Å². The van der Waals surface area contributed by atoms with Gasteiger partial charge < -0.3 is 4.74 Å². The third-order valence-corrected chi connectivity index (χ3v) is 2.56. The molecule has 0 N–H and O–H groups in total. The predicted octanol–water partition coefficient (Wildman–Crippen LogP) is 2.44. The Morgan fingerprint density at radius 2 is 1.94 bits per heavy atom. The van der Waals surface area contributed by atoms with Gasteiger partial charge >= 0.3 is 0 Å². The quantitative estimate of drug-likeness (QED) is 0.785. The van der Waals surface area contributed by atoms with Crippen molar-refractivity contribution in [1.82, 2.24) is 9.78 Å². The summed E-state index contributed by atoms with van der Waals surface area (Å²) in [4.78, 5) is 0. The molecule has 0 radical (unpaired) electrons. The molecule has 0 aliphatic rings. The maximum absolute atomic E-state index is 5.12. The Labute approximate surface area is 95.7 Å². The normalized spacial score (nSPS) is 10.4. The van der Waals surface area contributed by atoms with Gasteiger partial charge in [0.05, 0.1) is 12.8 Å². The summed E-state index contributed by atoms with van der Waals surface area (Å²) in [7, 11) is 1.68. The molecule has 0 unspecified atom stereocenters. The summed E-state index contributed by atoms with van der Waals surface area (Å²) in [5.41, 5.74) is 2.36. The summed E-state index contributed by atoms with van der Waals surface area (Å²) in [5, 5.41) is 4.35. The molecule has 0 amide bonds. The minimum absolute atomic E-state index is 0.902. The molecule has 0 aliphatic heterocycles. The van der Waals surface area contributed by atoms with E-state index < -0.39 is 0 Å². The van der Waals surface area contributed by atoms with Crippen molar-refractivity contribution < 1.29 is 4.74 Å². The van der Waals surface area contributed by atoms with Crippen LogP contribution in [0.2, 0.25) is 0 Å². The first-order chi connectivity index (χ1) is 7.78. The number of rotatable bonds is 4. The van der Waals surface area contributed by atoms with Gasteiger partial charge in [0, 0.05) is 12.7 Å². The van der Waals surface area contributed by atoms with Crippen LogP contribution >= 0.6 is 0 Å². The van der Waals surface area contributed by atoms with Gasteiger partial charge in [-0.05, 0) is 37.1 Å². The van der Waals surface area contributed by atoms with Crippen molar-refractivity contribution in [3.05, 3.63) is 47.8 Å². The van der Waals surface area contributed by atoms with Crippen LogP contribution in [0.25, 0.3) is 0 Å². The number of methoxy groups -OCH3 is 1. The monoisotopic (exact) mass is 216 g/mol. The van der Waals surface area contributed by atoms with Crippen molar-refractivity contribution >= 4 is 0 Å². The SMILES string of the molecule is COc1ccc(CCn2ccc(C)n2)cc1. The molecule has 1 aromatic carbocycles. The molecular formula is C13H16N2O. The predicted molar refractivity (Wildman–Crippen MR) is 63.7 cm³/mol. The smallest absolute Gasteiger partial charge is 0.118 e. The summed E-state index contributed by atoms with van der Waals surface area (Å²) < 4.78 is 7.09. The zero-order valence-corrected chi connectivity index (χ0v) is 9.68. The Morgan fingerprint density at radius 3 is 2.50 bits per heavy atom. The summed E-state index contributed by atoms with van der Waals surface area (Å²) in [5.74, 6) is 0.902. The molecule has 0 fully saturated rings. The molecule has 16 heavy (non-hydrogen) atoms. The van der Waals surface area contributed by atoms with Crippen LogP contribution in [-0.4, -0.2) is 16.9 Å².